The standard InChI is InChI=1S/C15H19NO/c1-12(14-5-3-2-4-6-14)16-11-13-7-9-15(17)10-8-13/h3,5-10,12,16-17H,2,4,11H2,1H3. The lowest BCUT2D eigenvalue weighted by atomic mass is 10.0. The lowest BCUT2D eigenvalue weighted by Gasteiger charge is -2.17. The molecular formula is C15H19NO. The molecule has 0 aromatic heterocycles. The first-order valence-electron chi connectivity index (χ1n) is 6.13. The van der Waals surface area contributed by atoms with Gasteiger partial charge in [-0.15, -0.1) is 0 Å². The van der Waals surface area contributed by atoms with Gasteiger partial charge >= 0.3 is 0 Å². The molecule has 2 rings (SSSR count). The van der Waals surface area contributed by atoms with Crippen molar-refractivity contribution in [3.05, 3.63) is 53.6 Å². The van der Waals surface area contributed by atoms with Crippen LogP contribution in [0.4, 0.5) is 0 Å². The summed E-state index contributed by atoms with van der Waals surface area (Å²) < 4.78 is 0. The van der Waals surface area contributed by atoms with E-state index in [9.17, 15) is 5.11 Å². The smallest absolute Gasteiger partial charge is 0.115 e. The van der Waals surface area contributed by atoms with Gasteiger partial charge in [0.1, 0.15) is 5.75 Å². The highest BCUT2D eigenvalue weighted by atomic mass is 16.3. The minimum absolute atomic E-state index is 0.319. The molecule has 1 aromatic rings. The van der Waals surface area contributed by atoms with E-state index in [0.29, 0.717) is 11.8 Å². The summed E-state index contributed by atoms with van der Waals surface area (Å²) >= 11 is 0. The molecule has 0 heterocycles. The second kappa shape index (κ2) is 5.69. The first kappa shape index (κ1) is 11.9. The number of aromatic hydroxyl groups is 1. The fraction of sp³-hybridized carbons (Fsp3) is 0.333. The highest BCUT2D eigenvalue weighted by Gasteiger charge is 2.07. The first-order valence-corrected chi connectivity index (χ1v) is 6.13. The minimum Gasteiger partial charge on any atom is -0.508 e. The second-order valence-electron chi connectivity index (χ2n) is 4.45. The molecule has 90 valence electrons. The van der Waals surface area contributed by atoms with E-state index in [-0.39, 0.29) is 0 Å². The molecule has 2 nitrogen and oxygen atoms in total. The van der Waals surface area contributed by atoms with Crippen LogP contribution in [0.5, 0.6) is 5.75 Å². The molecule has 0 saturated heterocycles. The van der Waals surface area contributed by atoms with Crippen molar-refractivity contribution in [3.8, 4) is 5.75 Å². The van der Waals surface area contributed by atoms with E-state index in [2.05, 4.69) is 30.5 Å². The third kappa shape index (κ3) is 3.46. The van der Waals surface area contributed by atoms with Gasteiger partial charge in [0.05, 0.1) is 0 Å². The van der Waals surface area contributed by atoms with Crippen molar-refractivity contribution in [2.75, 3.05) is 0 Å². The van der Waals surface area contributed by atoms with Crippen molar-refractivity contribution in [2.24, 2.45) is 0 Å². The van der Waals surface area contributed by atoms with Gasteiger partial charge in [-0.25, -0.2) is 0 Å². The molecule has 1 unspecified atom stereocenters. The molecule has 0 bridgehead atoms. The molecule has 2 N–H and O–H groups in total. The Labute approximate surface area is 103 Å². The van der Waals surface area contributed by atoms with E-state index in [1.807, 2.05) is 12.1 Å². The number of benzene rings is 1. The third-order valence-electron chi connectivity index (χ3n) is 3.07. The van der Waals surface area contributed by atoms with Crippen LogP contribution in [0.3, 0.4) is 0 Å². The van der Waals surface area contributed by atoms with Crippen molar-refractivity contribution in [1.82, 2.24) is 5.32 Å². The van der Waals surface area contributed by atoms with Gasteiger partial charge in [-0.1, -0.05) is 30.4 Å². The van der Waals surface area contributed by atoms with E-state index >= 15 is 0 Å². The number of rotatable bonds is 4. The molecule has 1 atom stereocenters. The number of allylic oxidation sites excluding steroid dienone is 2. The average molecular weight is 229 g/mol. The Hall–Kier alpha value is -1.54. The van der Waals surface area contributed by atoms with Gasteiger partial charge < -0.3 is 10.4 Å². The van der Waals surface area contributed by atoms with Crippen LogP contribution in [0.2, 0.25) is 0 Å². The monoisotopic (exact) mass is 229 g/mol. The Morgan fingerprint density at radius 3 is 2.65 bits per heavy atom. The molecular weight excluding hydrogens is 210 g/mol. The summed E-state index contributed by atoms with van der Waals surface area (Å²) in [6.07, 6.45) is 9.05. The minimum atomic E-state index is 0.319. The number of hydrogen-bond donors (Lipinski definition) is 2. The van der Waals surface area contributed by atoms with Gasteiger partial charge in [-0.3, -0.25) is 0 Å². The predicted molar refractivity (Wildman–Crippen MR) is 70.9 cm³/mol. The van der Waals surface area contributed by atoms with Gasteiger partial charge in [0, 0.05) is 12.6 Å². The van der Waals surface area contributed by atoms with Crippen LogP contribution >= 0.6 is 0 Å². The number of phenolic OH excluding ortho intramolecular Hbond substituents is 1. The Kier molecular flexibility index (Phi) is 3.99. The van der Waals surface area contributed by atoms with Crippen molar-refractivity contribution in [2.45, 2.75) is 32.4 Å². The molecule has 0 spiro atoms. The lowest BCUT2D eigenvalue weighted by molar-refractivity contribution is 0.475. The van der Waals surface area contributed by atoms with Crippen LogP contribution in [0.15, 0.2) is 48.1 Å². The zero-order chi connectivity index (χ0) is 12.1. The Morgan fingerprint density at radius 2 is 2.00 bits per heavy atom. The molecule has 0 saturated carbocycles. The fourth-order valence-corrected chi connectivity index (χ4v) is 1.96. The van der Waals surface area contributed by atoms with Crippen LogP contribution < -0.4 is 5.32 Å². The van der Waals surface area contributed by atoms with Crippen LogP contribution in [0.1, 0.15) is 25.3 Å². The zero-order valence-corrected chi connectivity index (χ0v) is 10.2. The average Bonchev–Trinajstić information content (AvgIpc) is 2.39. The predicted octanol–water partition coefficient (Wildman–Crippen LogP) is 3.15. The van der Waals surface area contributed by atoms with Crippen LogP contribution in [0.25, 0.3) is 0 Å². The summed E-state index contributed by atoms with van der Waals surface area (Å²) in [6.45, 7) is 3.01. The van der Waals surface area contributed by atoms with Crippen LogP contribution in [0, 0.1) is 0 Å². The zero-order valence-electron chi connectivity index (χ0n) is 10.2. The molecule has 17 heavy (non-hydrogen) atoms. The third-order valence-corrected chi connectivity index (χ3v) is 3.07. The van der Waals surface area contributed by atoms with Gasteiger partial charge in [-0.05, 0) is 43.0 Å². The summed E-state index contributed by atoms with van der Waals surface area (Å²) in [4.78, 5) is 0. The number of phenols is 1. The summed E-state index contributed by atoms with van der Waals surface area (Å²) in [5.41, 5.74) is 2.56. The molecule has 1 aliphatic carbocycles. The highest BCUT2D eigenvalue weighted by molar-refractivity contribution is 5.28. The molecule has 1 aromatic carbocycles. The molecule has 1 aliphatic rings. The van der Waals surface area contributed by atoms with E-state index in [0.717, 1.165) is 19.4 Å². The molecule has 0 radical (unpaired) electrons. The normalized spacial score (nSPS) is 16.6. The SMILES string of the molecule is CC(NCc1ccc(O)cc1)C1=CCCC=C1. The molecule has 0 fully saturated rings. The highest BCUT2D eigenvalue weighted by Crippen LogP contribution is 2.14. The number of hydrogen-bond acceptors (Lipinski definition) is 2. The summed E-state index contributed by atoms with van der Waals surface area (Å²) in [5, 5.41) is 12.7. The Balaban J connectivity index is 1.87. The molecule has 2 heteroatoms. The van der Waals surface area contributed by atoms with Crippen molar-refractivity contribution < 1.29 is 5.11 Å². The van der Waals surface area contributed by atoms with E-state index < -0.39 is 0 Å². The van der Waals surface area contributed by atoms with Gasteiger partial charge in [0.2, 0.25) is 0 Å². The van der Waals surface area contributed by atoms with E-state index in [1.54, 1.807) is 12.1 Å². The van der Waals surface area contributed by atoms with Crippen molar-refractivity contribution in [1.29, 1.82) is 0 Å². The Morgan fingerprint density at radius 1 is 1.24 bits per heavy atom. The largest absolute Gasteiger partial charge is 0.508 e. The topological polar surface area (TPSA) is 32.3 Å². The maximum absolute atomic E-state index is 9.20. The van der Waals surface area contributed by atoms with Crippen LogP contribution in [-0.2, 0) is 6.54 Å². The van der Waals surface area contributed by atoms with Crippen molar-refractivity contribution >= 4 is 0 Å². The molecule has 0 aliphatic heterocycles. The van der Waals surface area contributed by atoms with Gasteiger partial charge in [0.25, 0.3) is 0 Å². The van der Waals surface area contributed by atoms with Crippen LogP contribution in [-0.4, -0.2) is 11.1 Å². The van der Waals surface area contributed by atoms with E-state index in [1.165, 1.54) is 11.1 Å². The van der Waals surface area contributed by atoms with Gasteiger partial charge in [0.15, 0.2) is 0 Å². The number of nitrogens with one attached hydrogen (secondary N) is 1. The lowest BCUT2D eigenvalue weighted by Crippen LogP contribution is -2.27. The first-order chi connectivity index (χ1) is 8.25. The fourth-order valence-electron chi connectivity index (χ4n) is 1.96. The van der Waals surface area contributed by atoms with Gasteiger partial charge in [-0.2, -0.15) is 0 Å². The maximum Gasteiger partial charge on any atom is 0.115 e. The molecule has 0 amide bonds. The van der Waals surface area contributed by atoms with Crippen molar-refractivity contribution in [3.63, 3.8) is 0 Å². The summed E-state index contributed by atoms with van der Waals surface area (Å²) in [6, 6.07) is 7.71. The van der Waals surface area contributed by atoms with E-state index in [4.69, 9.17) is 0 Å². The summed E-state index contributed by atoms with van der Waals surface area (Å²) in [5.74, 6) is 0.319. The second-order valence-corrected chi connectivity index (χ2v) is 4.45. The maximum atomic E-state index is 9.20. The quantitative estimate of drug-likeness (QED) is 0.831. The Bertz CT molecular complexity index is 417. The summed E-state index contributed by atoms with van der Waals surface area (Å²) in [7, 11) is 0.